The van der Waals surface area contributed by atoms with Crippen LogP contribution in [0.15, 0.2) is 18.2 Å². The lowest BCUT2D eigenvalue weighted by molar-refractivity contribution is 0.447. The Morgan fingerprint density at radius 3 is 2.90 bits per heavy atom. The van der Waals surface area contributed by atoms with Crippen molar-refractivity contribution < 1.29 is 4.39 Å². The second-order valence-corrected chi connectivity index (χ2v) is 6.07. The Hall–Kier alpha value is -1.42. The number of hydrogen-bond donors (Lipinski definition) is 1. The third kappa shape index (κ3) is 2.03. The minimum absolute atomic E-state index is 0.231. The normalized spacial score (nSPS) is 23.1. The number of hydrogen-bond acceptors (Lipinski definition) is 2. The van der Waals surface area contributed by atoms with Gasteiger partial charge in [0.25, 0.3) is 0 Å². The summed E-state index contributed by atoms with van der Waals surface area (Å²) in [7, 11) is 0. The lowest BCUT2D eigenvalue weighted by Crippen LogP contribution is -2.20. The standard InChI is InChI=1S/C16H22FN3/c1-10(2)20-14-8-4-7-13(17)15(14)19-16(20)12-6-3-5-11(12)9-18/h4,7-8,10-12H,3,5-6,9,18H2,1-2H3. The van der Waals surface area contributed by atoms with Crippen molar-refractivity contribution in [2.45, 2.75) is 45.1 Å². The number of imidazole rings is 1. The van der Waals surface area contributed by atoms with E-state index < -0.39 is 0 Å². The molecule has 2 atom stereocenters. The summed E-state index contributed by atoms with van der Waals surface area (Å²) in [5.41, 5.74) is 7.30. The van der Waals surface area contributed by atoms with E-state index in [0.717, 1.165) is 24.2 Å². The number of para-hydroxylation sites is 1. The first-order valence-corrected chi connectivity index (χ1v) is 7.50. The number of nitrogens with zero attached hydrogens (tertiary/aromatic N) is 2. The molecule has 1 aromatic carbocycles. The fourth-order valence-corrected chi connectivity index (χ4v) is 3.56. The van der Waals surface area contributed by atoms with Crippen LogP contribution in [0.2, 0.25) is 0 Å². The molecule has 1 aliphatic rings. The van der Waals surface area contributed by atoms with Gasteiger partial charge >= 0.3 is 0 Å². The molecule has 0 aliphatic heterocycles. The molecular formula is C16H22FN3. The minimum atomic E-state index is -0.231. The molecule has 2 aromatic rings. The van der Waals surface area contributed by atoms with Crippen LogP contribution in [-0.4, -0.2) is 16.1 Å². The van der Waals surface area contributed by atoms with Crippen molar-refractivity contribution in [1.82, 2.24) is 9.55 Å². The first kappa shape index (κ1) is 13.6. The van der Waals surface area contributed by atoms with Crippen LogP contribution in [0.25, 0.3) is 11.0 Å². The van der Waals surface area contributed by atoms with Crippen LogP contribution in [-0.2, 0) is 0 Å². The molecule has 1 saturated carbocycles. The van der Waals surface area contributed by atoms with Gasteiger partial charge in [0.1, 0.15) is 11.3 Å². The van der Waals surface area contributed by atoms with Gasteiger partial charge in [-0.05, 0) is 51.3 Å². The Morgan fingerprint density at radius 1 is 1.40 bits per heavy atom. The average Bonchev–Trinajstić information content (AvgIpc) is 3.02. The zero-order valence-corrected chi connectivity index (χ0v) is 12.1. The lowest BCUT2D eigenvalue weighted by atomic mass is 9.95. The molecule has 4 heteroatoms. The topological polar surface area (TPSA) is 43.8 Å². The Labute approximate surface area is 119 Å². The lowest BCUT2D eigenvalue weighted by Gasteiger charge is -2.21. The Kier molecular flexibility index (Phi) is 3.50. The number of fused-ring (bicyclic) bond motifs is 1. The van der Waals surface area contributed by atoms with Crippen LogP contribution in [0.5, 0.6) is 0 Å². The second kappa shape index (κ2) is 5.17. The van der Waals surface area contributed by atoms with E-state index in [1.165, 1.54) is 12.5 Å². The van der Waals surface area contributed by atoms with E-state index in [2.05, 4.69) is 23.4 Å². The van der Waals surface area contributed by atoms with Crippen molar-refractivity contribution in [3.8, 4) is 0 Å². The third-order valence-electron chi connectivity index (χ3n) is 4.51. The predicted molar refractivity (Wildman–Crippen MR) is 79.2 cm³/mol. The molecule has 1 aromatic heterocycles. The van der Waals surface area contributed by atoms with Crippen LogP contribution < -0.4 is 5.73 Å². The molecule has 0 spiro atoms. The van der Waals surface area contributed by atoms with Crippen LogP contribution in [0.1, 0.15) is 50.9 Å². The highest BCUT2D eigenvalue weighted by Gasteiger charge is 2.32. The van der Waals surface area contributed by atoms with Crippen LogP contribution in [0.4, 0.5) is 4.39 Å². The van der Waals surface area contributed by atoms with Crippen molar-refractivity contribution in [2.75, 3.05) is 6.54 Å². The summed E-state index contributed by atoms with van der Waals surface area (Å²) in [6.07, 6.45) is 3.46. The van der Waals surface area contributed by atoms with Gasteiger partial charge in [-0.3, -0.25) is 0 Å². The zero-order valence-electron chi connectivity index (χ0n) is 12.1. The van der Waals surface area contributed by atoms with Gasteiger partial charge in [0.2, 0.25) is 0 Å². The average molecular weight is 275 g/mol. The smallest absolute Gasteiger partial charge is 0.151 e. The number of aromatic nitrogens is 2. The Balaban J connectivity index is 2.19. The number of rotatable bonds is 3. The highest BCUT2D eigenvalue weighted by Crippen LogP contribution is 2.40. The molecule has 1 heterocycles. The van der Waals surface area contributed by atoms with Crippen molar-refractivity contribution in [1.29, 1.82) is 0 Å². The molecule has 1 fully saturated rings. The van der Waals surface area contributed by atoms with Gasteiger partial charge in [-0.1, -0.05) is 12.5 Å². The maximum atomic E-state index is 14.0. The van der Waals surface area contributed by atoms with Gasteiger partial charge in [0.15, 0.2) is 5.82 Å². The summed E-state index contributed by atoms with van der Waals surface area (Å²) in [5.74, 6) is 1.64. The highest BCUT2D eigenvalue weighted by atomic mass is 19.1. The van der Waals surface area contributed by atoms with Crippen molar-refractivity contribution >= 4 is 11.0 Å². The number of benzene rings is 1. The minimum Gasteiger partial charge on any atom is -0.330 e. The van der Waals surface area contributed by atoms with Crippen LogP contribution in [0, 0.1) is 11.7 Å². The molecule has 0 bridgehead atoms. The van der Waals surface area contributed by atoms with Crippen LogP contribution in [0.3, 0.4) is 0 Å². The van der Waals surface area contributed by atoms with Gasteiger partial charge < -0.3 is 10.3 Å². The van der Waals surface area contributed by atoms with Crippen LogP contribution >= 0.6 is 0 Å². The van der Waals surface area contributed by atoms with Gasteiger partial charge in [-0.25, -0.2) is 9.37 Å². The molecule has 2 unspecified atom stereocenters. The predicted octanol–water partition coefficient (Wildman–Crippen LogP) is 3.60. The molecular weight excluding hydrogens is 253 g/mol. The maximum Gasteiger partial charge on any atom is 0.151 e. The maximum absolute atomic E-state index is 14.0. The molecule has 3 rings (SSSR count). The Morgan fingerprint density at radius 2 is 2.20 bits per heavy atom. The summed E-state index contributed by atoms with van der Waals surface area (Å²) in [6, 6.07) is 5.48. The van der Waals surface area contributed by atoms with Gasteiger partial charge in [-0.2, -0.15) is 0 Å². The fourth-order valence-electron chi connectivity index (χ4n) is 3.56. The molecule has 0 radical (unpaired) electrons. The SMILES string of the molecule is CC(C)n1c(C2CCCC2CN)nc2c(F)cccc21. The summed E-state index contributed by atoms with van der Waals surface area (Å²) in [5, 5.41) is 0. The summed E-state index contributed by atoms with van der Waals surface area (Å²) >= 11 is 0. The van der Waals surface area contributed by atoms with E-state index in [1.807, 2.05) is 6.07 Å². The zero-order chi connectivity index (χ0) is 14.3. The van der Waals surface area contributed by atoms with Gasteiger partial charge in [0.05, 0.1) is 5.52 Å². The van der Waals surface area contributed by atoms with E-state index in [-0.39, 0.29) is 11.9 Å². The first-order valence-electron chi connectivity index (χ1n) is 7.50. The quantitative estimate of drug-likeness (QED) is 0.930. The number of nitrogens with two attached hydrogens (primary N) is 1. The summed E-state index contributed by atoms with van der Waals surface area (Å²) < 4.78 is 16.2. The van der Waals surface area contributed by atoms with Crippen molar-refractivity contribution in [3.63, 3.8) is 0 Å². The first-order chi connectivity index (χ1) is 9.63. The fraction of sp³-hybridized carbons (Fsp3) is 0.562. The second-order valence-electron chi connectivity index (χ2n) is 6.07. The number of halogens is 1. The van der Waals surface area contributed by atoms with E-state index >= 15 is 0 Å². The van der Waals surface area contributed by atoms with E-state index in [0.29, 0.717) is 23.9 Å². The van der Waals surface area contributed by atoms with E-state index in [1.54, 1.807) is 6.07 Å². The molecule has 2 N–H and O–H groups in total. The van der Waals surface area contributed by atoms with E-state index in [4.69, 9.17) is 5.73 Å². The molecule has 3 nitrogen and oxygen atoms in total. The summed E-state index contributed by atoms with van der Waals surface area (Å²) in [4.78, 5) is 4.65. The molecule has 0 amide bonds. The molecule has 0 saturated heterocycles. The van der Waals surface area contributed by atoms with E-state index in [9.17, 15) is 4.39 Å². The molecule has 1 aliphatic carbocycles. The van der Waals surface area contributed by atoms with Gasteiger partial charge in [-0.15, -0.1) is 0 Å². The van der Waals surface area contributed by atoms with Gasteiger partial charge in [0, 0.05) is 12.0 Å². The third-order valence-corrected chi connectivity index (χ3v) is 4.51. The Bertz CT molecular complexity index is 617. The molecule has 108 valence electrons. The largest absolute Gasteiger partial charge is 0.330 e. The monoisotopic (exact) mass is 275 g/mol. The van der Waals surface area contributed by atoms with Crippen molar-refractivity contribution in [2.24, 2.45) is 11.7 Å². The highest BCUT2D eigenvalue weighted by molar-refractivity contribution is 5.77. The summed E-state index contributed by atoms with van der Waals surface area (Å²) in [6.45, 7) is 4.94. The van der Waals surface area contributed by atoms with Crippen molar-refractivity contribution in [3.05, 3.63) is 29.8 Å². The molecule has 20 heavy (non-hydrogen) atoms.